The average molecular weight is 222 g/mol. The smallest absolute Gasteiger partial charge is 0.249 e. The summed E-state index contributed by atoms with van der Waals surface area (Å²) in [6.45, 7) is 1.22. The minimum atomic E-state index is -0.117. The molecule has 0 N–H and O–H groups in total. The first-order valence-electron chi connectivity index (χ1n) is 5.18. The van der Waals surface area contributed by atoms with Gasteiger partial charge in [-0.3, -0.25) is 9.59 Å². The molecule has 0 bridgehead atoms. The van der Waals surface area contributed by atoms with Crippen molar-refractivity contribution >= 4 is 11.7 Å². The van der Waals surface area contributed by atoms with E-state index in [-0.39, 0.29) is 24.8 Å². The molecule has 0 atom stereocenters. The minimum Gasteiger partial charge on any atom is -0.370 e. The van der Waals surface area contributed by atoms with E-state index in [0.717, 1.165) is 0 Å². The van der Waals surface area contributed by atoms with Crippen LogP contribution in [-0.4, -0.2) is 47.5 Å². The zero-order valence-corrected chi connectivity index (χ0v) is 9.18. The largest absolute Gasteiger partial charge is 0.370 e. The van der Waals surface area contributed by atoms with Crippen molar-refractivity contribution in [2.75, 3.05) is 26.3 Å². The molecule has 1 aromatic heterocycles. The fourth-order valence-electron chi connectivity index (χ4n) is 1.72. The second-order valence-corrected chi connectivity index (χ2v) is 3.80. The number of aryl methyl sites for hydroxylation is 1. The van der Waals surface area contributed by atoms with E-state index in [0.29, 0.717) is 18.8 Å². The van der Waals surface area contributed by atoms with E-state index in [2.05, 4.69) is 0 Å². The number of hydrogen-bond donors (Lipinski definition) is 0. The molecule has 2 rings (SSSR count). The van der Waals surface area contributed by atoms with E-state index in [1.807, 2.05) is 19.3 Å². The maximum Gasteiger partial charge on any atom is 0.249 e. The monoisotopic (exact) mass is 222 g/mol. The molecule has 0 unspecified atom stereocenters. The SMILES string of the molecule is Cn1cccc1C(=O)CN1CCOCC1=O. The molecule has 0 saturated carbocycles. The fraction of sp³-hybridized carbons (Fsp3) is 0.455. The molecule has 2 heterocycles. The van der Waals surface area contributed by atoms with Crippen LogP contribution in [0.2, 0.25) is 0 Å². The Morgan fingerprint density at radius 1 is 1.56 bits per heavy atom. The number of aromatic nitrogens is 1. The number of carbonyl (C=O) groups excluding carboxylic acids is 2. The van der Waals surface area contributed by atoms with Gasteiger partial charge in [0.25, 0.3) is 0 Å². The van der Waals surface area contributed by atoms with Crippen LogP contribution in [0, 0.1) is 0 Å². The predicted molar refractivity (Wildman–Crippen MR) is 57.1 cm³/mol. The van der Waals surface area contributed by atoms with Gasteiger partial charge in [-0.1, -0.05) is 0 Å². The quantitative estimate of drug-likeness (QED) is 0.680. The molecule has 5 nitrogen and oxygen atoms in total. The summed E-state index contributed by atoms with van der Waals surface area (Å²) in [5, 5.41) is 0. The van der Waals surface area contributed by atoms with Gasteiger partial charge in [0.15, 0.2) is 5.78 Å². The highest BCUT2D eigenvalue weighted by molar-refractivity contribution is 5.98. The molecule has 1 aliphatic heterocycles. The van der Waals surface area contributed by atoms with Crippen LogP contribution < -0.4 is 0 Å². The second-order valence-electron chi connectivity index (χ2n) is 3.80. The van der Waals surface area contributed by atoms with Crippen LogP contribution in [0.15, 0.2) is 18.3 Å². The van der Waals surface area contributed by atoms with Crippen LogP contribution in [0.1, 0.15) is 10.5 Å². The number of ketones is 1. The second kappa shape index (κ2) is 4.49. The number of rotatable bonds is 3. The summed E-state index contributed by atoms with van der Waals surface area (Å²) in [6, 6.07) is 3.57. The van der Waals surface area contributed by atoms with Crippen molar-refractivity contribution in [2.24, 2.45) is 7.05 Å². The molecule has 16 heavy (non-hydrogen) atoms. The van der Waals surface area contributed by atoms with E-state index >= 15 is 0 Å². The highest BCUT2D eigenvalue weighted by atomic mass is 16.5. The summed E-state index contributed by atoms with van der Waals surface area (Å²) >= 11 is 0. The Hall–Kier alpha value is -1.62. The van der Waals surface area contributed by atoms with Gasteiger partial charge < -0.3 is 14.2 Å². The minimum absolute atomic E-state index is 0.0391. The van der Waals surface area contributed by atoms with Crippen LogP contribution in [-0.2, 0) is 16.6 Å². The van der Waals surface area contributed by atoms with E-state index in [1.165, 1.54) is 0 Å². The van der Waals surface area contributed by atoms with Gasteiger partial charge in [0, 0.05) is 19.8 Å². The molecule has 0 radical (unpaired) electrons. The average Bonchev–Trinajstić information content (AvgIpc) is 2.68. The van der Waals surface area contributed by atoms with Crippen LogP contribution >= 0.6 is 0 Å². The number of Topliss-reactive ketones (excluding diaryl/α,β-unsaturated/α-hetero) is 1. The lowest BCUT2D eigenvalue weighted by atomic mass is 10.2. The van der Waals surface area contributed by atoms with Crippen LogP contribution in [0.25, 0.3) is 0 Å². The fourth-order valence-corrected chi connectivity index (χ4v) is 1.72. The predicted octanol–water partition coefficient (Wildman–Crippen LogP) is 0.0666. The number of hydrogen-bond acceptors (Lipinski definition) is 3. The van der Waals surface area contributed by atoms with Crippen molar-refractivity contribution < 1.29 is 14.3 Å². The zero-order chi connectivity index (χ0) is 11.5. The van der Waals surface area contributed by atoms with E-state index < -0.39 is 0 Å². The summed E-state index contributed by atoms with van der Waals surface area (Å²) in [5.74, 6) is -0.156. The maximum absolute atomic E-state index is 11.9. The third-order valence-electron chi connectivity index (χ3n) is 2.65. The molecule has 1 aliphatic rings. The summed E-state index contributed by atoms with van der Waals surface area (Å²) in [4.78, 5) is 24.9. The number of amides is 1. The number of morpholine rings is 1. The van der Waals surface area contributed by atoms with Gasteiger partial charge in [0.05, 0.1) is 18.8 Å². The normalized spacial score (nSPS) is 16.6. The molecule has 1 aromatic rings. The molecular formula is C11H14N2O3. The Labute approximate surface area is 93.6 Å². The number of nitrogens with zero attached hydrogens (tertiary/aromatic N) is 2. The first-order valence-corrected chi connectivity index (χ1v) is 5.18. The molecule has 5 heteroatoms. The highest BCUT2D eigenvalue weighted by Crippen LogP contribution is 2.05. The number of carbonyl (C=O) groups is 2. The lowest BCUT2D eigenvalue weighted by Gasteiger charge is -2.25. The van der Waals surface area contributed by atoms with E-state index in [4.69, 9.17) is 4.74 Å². The van der Waals surface area contributed by atoms with Gasteiger partial charge in [-0.2, -0.15) is 0 Å². The van der Waals surface area contributed by atoms with Crippen molar-refractivity contribution in [3.63, 3.8) is 0 Å². The van der Waals surface area contributed by atoms with Gasteiger partial charge in [-0.15, -0.1) is 0 Å². The van der Waals surface area contributed by atoms with Gasteiger partial charge in [0.1, 0.15) is 6.61 Å². The van der Waals surface area contributed by atoms with Crippen molar-refractivity contribution in [1.82, 2.24) is 9.47 Å². The number of ether oxygens (including phenoxy) is 1. The Bertz CT molecular complexity index is 411. The topological polar surface area (TPSA) is 51.5 Å². The summed E-state index contributed by atoms with van der Waals surface area (Å²) in [6.07, 6.45) is 1.81. The molecule has 1 saturated heterocycles. The first kappa shape index (κ1) is 10.9. The third-order valence-corrected chi connectivity index (χ3v) is 2.65. The summed E-state index contributed by atoms with van der Waals surface area (Å²) in [7, 11) is 1.81. The van der Waals surface area contributed by atoms with E-state index in [1.54, 1.807) is 15.5 Å². The molecule has 0 spiro atoms. The Morgan fingerprint density at radius 2 is 2.38 bits per heavy atom. The van der Waals surface area contributed by atoms with Crippen molar-refractivity contribution in [1.29, 1.82) is 0 Å². The molecule has 86 valence electrons. The Kier molecular flexibility index (Phi) is 3.05. The Balaban J connectivity index is 2.02. The van der Waals surface area contributed by atoms with Crippen molar-refractivity contribution in [2.45, 2.75) is 0 Å². The van der Waals surface area contributed by atoms with Gasteiger partial charge in [-0.25, -0.2) is 0 Å². The maximum atomic E-state index is 11.9. The molecule has 1 amide bonds. The summed E-state index contributed by atoms with van der Waals surface area (Å²) in [5.41, 5.74) is 0.624. The highest BCUT2D eigenvalue weighted by Gasteiger charge is 2.22. The van der Waals surface area contributed by atoms with E-state index in [9.17, 15) is 9.59 Å². The first-order chi connectivity index (χ1) is 7.68. The molecule has 0 aromatic carbocycles. The summed E-state index contributed by atoms with van der Waals surface area (Å²) < 4.78 is 6.76. The van der Waals surface area contributed by atoms with Crippen LogP contribution in [0.3, 0.4) is 0 Å². The third kappa shape index (κ3) is 2.14. The van der Waals surface area contributed by atoms with Crippen molar-refractivity contribution in [3.8, 4) is 0 Å². The molecule has 0 aliphatic carbocycles. The zero-order valence-electron chi connectivity index (χ0n) is 9.18. The van der Waals surface area contributed by atoms with Crippen LogP contribution in [0.4, 0.5) is 0 Å². The molecule has 1 fully saturated rings. The standard InChI is InChI=1S/C11H14N2O3/c1-12-4-2-3-9(12)10(14)7-13-5-6-16-8-11(13)15/h2-4H,5-8H2,1H3. The van der Waals surface area contributed by atoms with Gasteiger partial charge in [0.2, 0.25) is 5.91 Å². The van der Waals surface area contributed by atoms with Gasteiger partial charge >= 0.3 is 0 Å². The van der Waals surface area contributed by atoms with Crippen LogP contribution in [0.5, 0.6) is 0 Å². The Morgan fingerprint density at radius 3 is 3.00 bits per heavy atom. The lowest BCUT2D eigenvalue weighted by molar-refractivity contribution is -0.141. The van der Waals surface area contributed by atoms with Crippen molar-refractivity contribution in [3.05, 3.63) is 24.0 Å². The molecular weight excluding hydrogens is 208 g/mol. The van der Waals surface area contributed by atoms with Gasteiger partial charge in [-0.05, 0) is 12.1 Å². The lowest BCUT2D eigenvalue weighted by Crippen LogP contribution is -2.44.